The number of nitrogens with two attached hydrogens (primary N) is 1. The van der Waals surface area contributed by atoms with Crippen LogP contribution in [0.2, 0.25) is 0 Å². The Labute approximate surface area is 166 Å². The topological polar surface area (TPSA) is 103 Å². The van der Waals surface area contributed by atoms with Crippen molar-refractivity contribution in [1.82, 2.24) is 25.1 Å². The predicted octanol–water partition coefficient (Wildman–Crippen LogP) is 4.46. The Balaban J connectivity index is 1.58. The molecule has 0 saturated heterocycles. The third kappa shape index (κ3) is 3.25. The van der Waals surface area contributed by atoms with Gasteiger partial charge in [0.2, 0.25) is 0 Å². The third-order valence-corrected chi connectivity index (χ3v) is 4.47. The number of anilines is 1. The van der Waals surface area contributed by atoms with E-state index in [4.69, 9.17) is 15.5 Å². The molecule has 0 aliphatic heterocycles. The molecule has 0 aliphatic rings. The Morgan fingerprint density at radius 3 is 2.34 bits per heavy atom. The SMILES string of the molecule is Nc1n[nH]c2nc(-c3cccnc3)nc(-c3ccc(Oc4ccccc4)cc3)c12. The molecule has 3 aromatic heterocycles. The molecular weight excluding hydrogens is 364 g/mol. The average Bonchev–Trinajstić information content (AvgIpc) is 3.16. The lowest BCUT2D eigenvalue weighted by Crippen LogP contribution is -1.96. The second kappa shape index (κ2) is 7.05. The van der Waals surface area contributed by atoms with Crippen molar-refractivity contribution in [2.45, 2.75) is 0 Å². The number of nitrogens with zero attached hydrogens (tertiary/aromatic N) is 4. The molecule has 5 aromatic rings. The highest BCUT2D eigenvalue weighted by atomic mass is 16.5. The van der Waals surface area contributed by atoms with Gasteiger partial charge in [-0.1, -0.05) is 18.2 Å². The van der Waals surface area contributed by atoms with E-state index in [-0.39, 0.29) is 0 Å². The van der Waals surface area contributed by atoms with Gasteiger partial charge in [0.25, 0.3) is 0 Å². The minimum Gasteiger partial charge on any atom is -0.457 e. The van der Waals surface area contributed by atoms with Gasteiger partial charge < -0.3 is 10.5 Å². The van der Waals surface area contributed by atoms with E-state index in [0.29, 0.717) is 28.4 Å². The van der Waals surface area contributed by atoms with Gasteiger partial charge in [-0.15, -0.1) is 0 Å². The molecule has 5 rings (SSSR count). The maximum absolute atomic E-state index is 6.08. The van der Waals surface area contributed by atoms with Crippen molar-refractivity contribution in [3.63, 3.8) is 0 Å². The van der Waals surface area contributed by atoms with Crippen LogP contribution in [0.15, 0.2) is 79.1 Å². The van der Waals surface area contributed by atoms with E-state index < -0.39 is 0 Å². The summed E-state index contributed by atoms with van der Waals surface area (Å²) in [5, 5.41) is 7.67. The molecule has 2 aromatic carbocycles. The predicted molar refractivity (Wildman–Crippen MR) is 111 cm³/mol. The average molecular weight is 380 g/mol. The largest absolute Gasteiger partial charge is 0.457 e. The molecule has 0 bridgehead atoms. The first kappa shape index (κ1) is 16.9. The number of ether oxygens (including phenoxy) is 1. The number of nitrogens with one attached hydrogen (secondary N) is 1. The number of aromatic nitrogens is 5. The number of para-hydroxylation sites is 1. The zero-order chi connectivity index (χ0) is 19.6. The quantitative estimate of drug-likeness (QED) is 0.477. The number of benzene rings is 2. The number of aromatic amines is 1. The van der Waals surface area contributed by atoms with Gasteiger partial charge in [-0.2, -0.15) is 5.10 Å². The van der Waals surface area contributed by atoms with E-state index in [0.717, 1.165) is 22.6 Å². The van der Waals surface area contributed by atoms with Crippen LogP contribution in [0.4, 0.5) is 5.82 Å². The van der Waals surface area contributed by atoms with Crippen molar-refractivity contribution < 1.29 is 4.74 Å². The van der Waals surface area contributed by atoms with Gasteiger partial charge in [0, 0.05) is 23.5 Å². The summed E-state index contributed by atoms with van der Waals surface area (Å²) < 4.78 is 5.87. The van der Waals surface area contributed by atoms with Crippen LogP contribution in [0.25, 0.3) is 33.7 Å². The summed E-state index contributed by atoms with van der Waals surface area (Å²) in [5.41, 5.74) is 9.05. The van der Waals surface area contributed by atoms with Crippen LogP contribution in [-0.2, 0) is 0 Å². The lowest BCUT2D eigenvalue weighted by Gasteiger charge is -2.09. The Bertz CT molecular complexity index is 1270. The Morgan fingerprint density at radius 2 is 1.59 bits per heavy atom. The van der Waals surface area contributed by atoms with Crippen molar-refractivity contribution >= 4 is 16.9 Å². The van der Waals surface area contributed by atoms with Crippen LogP contribution in [0.3, 0.4) is 0 Å². The van der Waals surface area contributed by atoms with E-state index in [1.54, 1.807) is 12.4 Å². The zero-order valence-corrected chi connectivity index (χ0v) is 15.3. The van der Waals surface area contributed by atoms with Crippen LogP contribution in [-0.4, -0.2) is 25.1 Å². The lowest BCUT2D eigenvalue weighted by atomic mass is 10.1. The van der Waals surface area contributed by atoms with E-state index in [9.17, 15) is 0 Å². The molecule has 0 spiro atoms. The molecule has 0 aliphatic carbocycles. The molecule has 0 saturated carbocycles. The standard InChI is InChI=1S/C22H16N6O/c23-20-18-19(14-8-10-17(11-9-14)29-16-6-2-1-3-7-16)25-21(26-22(18)28-27-20)15-5-4-12-24-13-15/h1-13H,(H3,23,25,26,27,28). The smallest absolute Gasteiger partial charge is 0.163 e. The van der Waals surface area contributed by atoms with Crippen LogP contribution < -0.4 is 10.5 Å². The van der Waals surface area contributed by atoms with Crippen molar-refractivity contribution in [2.75, 3.05) is 5.73 Å². The lowest BCUT2D eigenvalue weighted by molar-refractivity contribution is 0.483. The Kier molecular flexibility index (Phi) is 4.10. The molecule has 7 nitrogen and oxygen atoms in total. The first-order valence-electron chi connectivity index (χ1n) is 9.03. The fourth-order valence-electron chi connectivity index (χ4n) is 3.09. The van der Waals surface area contributed by atoms with Crippen LogP contribution in [0.5, 0.6) is 11.5 Å². The van der Waals surface area contributed by atoms with E-state index in [1.807, 2.05) is 66.7 Å². The van der Waals surface area contributed by atoms with Gasteiger partial charge >= 0.3 is 0 Å². The summed E-state index contributed by atoms with van der Waals surface area (Å²) in [4.78, 5) is 13.5. The number of H-pyrrole nitrogens is 1. The molecule has 0 unspecified atom stereocenters. The number of nitrogen functional groups attached to an aromatic ring is 1. The number of rotatable bonds is 4. The minimum atomic E-state index is 0.359. The summed E-state index contributed by atoms with van der Waals surface area (Å²) in [6.07, 6.45) is 3.43. The molecule has 7 heteroatoms. The van der Waals surface area contributed by atoms with Gasteiger partial charge in [0.05, 0.1) is 11.1 Å². The van der Waals surface area contributed by atoms with Crippen molar-refractivity contribution in [2.24, 2.45) is 0 Å². The number of pyridine rings is 1. The van der Waals surface area contributed by atoms with Gasteiger partial charge in [-0.25, -0.2) is 9.97 Å². The van der Waals surface area contributed by atoms with Crippen molar-refractivity contribution in [3.05, 3.63) is 79.1 Å². The summed E-state index contributed by atoms with van der Waals surface area (Å²) in [6, 6.07) is 21.1. The molecule has 0 fully saturated rings. The maximum Gasteiger partial charge on any atom is 0.163 e. The first-order valence-corrected chi connectivity index (χ1v) is 9.03. The van der Waals surface area contributed by atoms with Crippen LogP contribution >= 0.6 is 0 Å². The second-order valence-corrected chi connectivity index (χ2v) is 6.41. The molecule has 0 atom stereocenters. The summed E-state index contributed by atoms with van der Waals surface area (Å²) in [7, 11) is 0. The van der Waals surface area contributed by atoms with Crippen LogP contribution in [0, 0.1) is 0 Å². The van der Waals surface area contributed by atoms with Crippen molar-refractivity contribution in [1.29, 1.82) is 0 Å². The Morgan fingerprint density at radius 1 is 0.793 bits per heavy atom. The number of fused-ring (bicyclic) bond motifs is 1. The molecule has 140 valence electrons. The molecule has 0 radical (unpaired) electrons. The summed E-state index contributed by atoms with van der Waals surface area (Å²) >= 11 is 0. The first-order chi connectivity index (χ1) is 14.3. The van der Waals surface area contributed by atoms with E-state index >= 15 is 0 Å². The monoisotopic (exact) mass is 380 g/mol. The highest BCUT2D eigenvalue weighted by Crippen LogP contribution is 2.32. The number of hydrogen-bond acceptors (Lipinski definition) is 6. The van der Waals surface area contributed by atoms with Gasteiger partial charge in [0.1, 0.15) is 11.5 Å². The van der Waals surface area contributed by atoms with E-state index in [2.05, 4.69) is 20.2 Å². The van der Waals surface area contributed by atoms with Crippen LogP contribution in [0.1, 0.15) is 0 Å². The van der Waals surface area contributed by atoms with Gasteiger partial charge in [0.15, 0.2) is 17.3 Å². The normalized spacial score (nSPS) is 10.9. The molecule has 29 heavy (non-hydrogen) atoms. The zero-order valence-electron chi connectivity index (χ0n) is 15.3. The van der Waals surface area contributed by atoms with Gasteiger partial charge in [-0.05, 0) is 48.5 Å². The van der Waals surface area contributed by atoms with E-state index in [1.165, 1.54) is 0 Å². The fraction of sp³-hybridized carbons (Fsp3) is 0. The summed E-state index contributed by atoms with van der Waals surface area (Å²) in [5.74, 6) is 2.42. The molecular formula is C22H16N6O. The second-order valence-electron chi connectivity index (χ2n) is 6.41. The highest BCUT2D eigenvalue weighted by Gasteiger charge is 2.16. The highest BCUT2D eigenvalue weighted by molar-refractivity contribution is 5.98. The fourth-order valence-corrected chi connectivity index (χ4v) is 3.09. The number of hydrogen-bond donors (Lipinski definition) is 2. The summed E-state index contributed by atoms with van der Waals surface area (Å²) in [6.45, 7) is 0. The maximum atomic E-state index is 6.08. The minimum absolute atomic E-state index is 0.359. The Hall–Kier alpha value is -4.26. The molecule has 3 heterocycles. The molecule has 0 amide bonds. The van der Waals surface area contributed by atoms with Crippen molar-refractivity contribution in [3.8, 4) is 34.1 Å². The van der Waals surface area contributed by atoms with Gasteiger partial charge in [-0.3, -0.25) is 10.1 Å². The molecule has 3 N–H and O–H groups in total. The third-order valence-electron chi connectivity index (χ3n) is 4.47.